The lowest BCUT2D eigenvalue weighted by molar-refractivity contribution is -0.384. The van der Waals surface area contributed by atoms with Crippen LogP contribution in [0.3, 0.4) is 0 Å². The number of hydrazone groups is 1. The average molecular weight is 283 g/mol. The highest BCUT2D eigenvalue weighted by atomic mass is 16.6. The van der Waals surface area contributed by atoms with Gasteiger partial charge in [0.2, 0.25) is 0 Å². The van der Waals surface area contributed by atoms with E-state index in [0.717, 1.165) is 5.56 Å². The largest absolute Gasteiger partial charge is 0.278 e. The fourth-order valence-electron chi connectivity index (χ4n) is 1.81. The third-order valence-electron chi connectivity index (χ3n) is 3.09. The first-order valence-electron chi connectivity index (χ1n) is 6.70. The summed E-state index contributed by atoms with van der Waals surface area (Å²) in [6.45, 7) is 4.30. The summed E-state index contributed by atoms with van der Waals surface area (Å²) in [5.41, 5.74) is 5.89. The number of anilines is 1. The van der Waals surface area contributed by atoms with Crippen molar-refractivity contribution in [1.29, 1.82) is 0 Å². The van der Waals surface area contributed by atoms with Crippen LogP contribution in [0.1, 0.15) is 30.9 Å². The molecule has 0 atom stereocenters. The lowest BCUT2D eigenvalue weighted by Gasteiger charge is -2.04. The van der Waals surface area contributed by atoms with Crippen molar-refractivity contribution in [3.8, 4) is 0 Å². The van der Waals surface area contributed by atoms with Crippen LogP contribution < -0.4 is 5.43 Å². The molecule has 0 spiro atoms. The van der Waals surface area contributed by atoms with E-state index in [1.807, 2.05) is 12.1 Å². The van der Waals surface area contributed by atoms with Gasteiger partial charge in [0.25, 0.3) is 5.69 Å². The van der Waals surface area contributed by atoms with Gasteiger partial charge in [0.1, 0.15) is 0 Å². The maximum atomic E-state index is 10.5. The Kier molecular flexibility index (Phi) is 4.66. The molecule has 0 bridgehead atoms. The summed E-state index contributed by atoms with van der Waals surface area (Å²) in [5.74, 6) is 0.509. The normalized spacial score (nSPS) is 11.0. The molecule has 0 aliphatic rings. The summed E-state index contributed by atoms with van der Waals surface area (Å²) in [4.78, 5) is 10.1. The molecule has 21 heavy (non-hydrogen) atoms. The predicted molar refractivity (Wildman–Crippen MR) is 84.8 cm³/mol. The van der Waals surface area contributed by atoms with Crippen LogP contribution in [0.15, 0.2) is 53.6 Å². The van der Waals surface area contributed by atoms with Crippen LogP contribution in [0.5, 0.6) is 0 Å². The number of benzene rings is 2. The molecule has 0 aliphatic carbocycles. The minimum absolute atomic E-state index is 0.0637. The van der Waals surface area contributed by atoms with Crippen LogP contribution >= 0.6 is 0 Å². The van der Waals surface area contributed by atoms with Crippen LogP contribution in [0.25, 0.3) is 0 Å². The highest BCUT2D eigenvalue weighted by molar-refractivity contribution is 5.80. The number of nitrogens with one attached hydrogen (secondary N) is 1. The third-order valence-corrected chi connectivity index (χ3v) is 3.09. The summed E-state index contributed by atoms with van der Waals surface area (Å²) in [6, 6.07) is 14.3. The van der Waals surface area contributed by atoms with Gasteiger partial charge in [-0.25, -0.2) is 0 Å². The van der Waals surface area contributed by atoms with Gasteiger partial charge in [-0.1, -0.05) is 38.1 Å². The maximum Gasteiger partial charge on any atom is 0.269 e. The van der Waals surface area contributed by atoms with Gasteiger partial charge in [0.05, 0.1) is 16.8 Å². The molecule has 0 heterocycles. The Labute approximate surface area is 123 Å². The van der Waals surface area contributed by atoms with E-state index in [1.165, 1.54) is 17.7 Å². The smallest absolute Gasteiger partial charge is 0.269 e. The minimum Gasteiger partial charge on any atom is -0.278 e. The topological polar surface area (TPSA) is 67.5 Å². The molecule has 2 aromatic rings. The summed E-state index contributed by atoms with van der Waals surface area (Å²) in [7, 11) is 0. The SMILES string of the molecule is CC(C)c1ccc(C=NNc2ccc([N+](=O)[O-])cc2)cc1. The van der Waals surface area contributed by atoms with E-state index in [2.05, 4.69) is 36.5 Å². The molecule has 2 rings (SSSR count). The number of nitrogens with zero attached hydrogens (tertiary/aromatic N) is 2. The van der Waals surface area contributed by atoms with Crippen molar-refractivity contribution in [2.45, 2.75) is 19.8 Å². The van der Waals surface area contributed by atoms with Crippen molar-refractivity contribution in [2.75, 3.05) is 5.43 Å². The molecule has 0 fully saturated rings. The Hall–Kier alpha value is -2.69. The molecule has 0 unspecified atom stereocenters. The van der Waals surface area contributed by atoms with Crippen molar-refractivity contribution in [3.05, 3.63) is 69.8 Å². The lowest BCUT2D eigenvalue weighted by Crippen LogP contribution is -1.93. The molecule has 0 saturated carbocycles. The molecule has 108 valence electrons. The highest BCUT2D eigenvalue weighted by Gasteiger charge is 2.02. The molecule has 5 nitrogen and oxygen atoms in total. The van der Waals surface area contributed by atoms with E-state index in [4.69, 9.17) is 0 Å². The second kappa shape index (κ2) is 6.65. The molecule has 0 radical (unpaired) electrons. The summed E-state index contributed by atoms with van der Waals surface area (Å²) in [6.07, 6.45) is 1.71. The van der Waals surface area contributed by atoms with Crippen LogP contribution in [0.4, 0.5) is 11.4 Å². The monoisotopic (exact) mass is 283 g/mol. The first-order chi connectivity index (χ1) is 10.1. The van der Waals surface area contributed by atoms with Gasteiger partial charge < -0.3 is 0 Å². The van der Waals surface area contributed by atoms with E-state index >= 15 is 0 Å². The van der Waals surface area contributed by atoms with E-state index in [0.29, 0.717) is 11.6 Å². The van der Waals surface area contributed by atoms with Gasteiger partial charge in [-0.3, -0.25) is 15.5 Å². The first kappa shape index (κ1) is 14.7. The Morgan fingerprint density at radius 2 is 1.71 bits per heavy atom. The number of hydrogen-bond acceptors (Lipinski definition) is 4. The quantitative estimate of drug-likeness (QED) is 0.509. The molecule has 0 aromatic heterocycles. The van der Waals surface area contributed by atoms with Crippen molar-refractivity contribution in [2.24, 2.45) is 5.10 Å². The number of rotatable bonds is 5. The third kappa shape index (κ3) is 4.14. The fourth-order valence-corrected chi connectivity index (χ4v) is 1.81. The summed E-state index contributed by atoms with van der Waals surface area (Å²) >= 11 is 0. The molecule has 5 heteroatoms. The zero-order chi connectivity index (χ0) is 15.2. The standard InChI is InChI=1S/C16H17N3O2/c1-12(2)14-5-3-13(4-6-14)11-17-18-15-7-9-16(10-8-15)19(20)21/h3-12,18H,1-2H3. The van der Waals surface area contributed by atoms with Crippen LogP contribution in [0, 0.1) is 10.1 Å². The van der Waals surface area contributed by atoms with Crippen molar-refractivity contribution >= 4 is 17.6 Å². The van der Waals surface area contributed by atoms with Gasteiger partial charge in [0, 0.05) is 12.1 Å². The molecular formula is C16H17N3O2. The van der Waals surface area contributed by atoms with E-state index in [-0.39, 0.29) is 5.69 Å². The Balaban J connectivity index is 1.97. The predicted octanol–water partition coefficient (Wildman–Crippen LogP) is 4.16. The molecule has 2 aromatic carbocycles. The maximum absolute atomic E-state index is 10.5. The molecular weight excluding hydrogens is 266 g/mol. The van der Waals surface area contributed by atoms with Gasteiger partial charge >= 0.3 is 0 Å². The van der Waals surface area contributed by atoms with E-state index in [1.54, 1.807) is 18.3 Å². The van der Waals surface area contributed by atoms with Crippen molar-refractivity contribution in [3.63, 3.8) is 0 Å². The summed E-state index contributed by atoms with van der Waals surface area (Å²) in [5, 5.41) is 14.7. The molecule has 0 saturated heterocycles. The van der Waals surface area contributed by atoms with Gasteiger partial charge in [-0.2, -0.15) is 5.10 Å². The zero-order valence-corrected chi connectivity index (χ0v) is 12.0. The highest BCUT2D eigenvalue weighted by Crippen LogP contribution is 2.16. The minimum atomic E-state index is -0.427. The number of non-ortho nitro benzene ring substituents is 1. The Bertz CT molecular complexity index is 632. The van der Waals surface area contributed by atoms with Crippen LogP contribution in [0.2, 0.25) is 0 Å². The number of nitro groups is 1. The van der Waals surface area contributed by atoms with Crippen LogP contribution in [-0.2, 0) is 0 Å². The van der Waals surface area contributed by atoms with E-state index < -0.39 is 4.92 Å². The Morgan fingerprint density at radius 1 is 1.10 bits per heavy atom. The average Bonchev–Trinajstić information content (AvgIpc) is 2.48. The number of hydrogen-bond donors (Lipinski definition) is 1. The fraction of sp³-hybridized carbons (Fsp3) is 0.188. The van der Waals surface area contributed by atoms with E-state index in [9.17, 15) is 10.1 Å². The van der Waals surface area contributed by atoms with Crippen molar-refractivity contribution < 1.29 is 4.92 Å². The van der Waals surface area contributed by atoms with Gasteiger partial charge in [-0.15, -0.1) is 0 Å². The molecule has 1 N–H and O–H groups in total. The van der Waals surface area contributed by atoms with Crippen LogP contribution in [-0.4, -0.2) is 11.1 Å². The van der Waals surface area contributed by atoms with Gasteiger partial charge in [0.15, 0.2) is 0 Å². The van der Waals surface area contributed by atoms with Crippen molar-refractivity contribution in [1.82, 2.24) is 0 Å². The lowest BCUT2D eigenvalue weighted by atomic mass is 10.0. The second-order valence-electron chi connectivity index (χ2n) is 5.00. The second-order valence-corrected chi connectivity index (χ2v) is 5.00. The van der Waals surface area contributed by atoms with Gasteiger partial charge in [-0.05, 0) is 29.2 Å². The molecule has 0 aliphatic heterocycles. The molecule has 0 amide bonds. The number of nitro benzene ring substituents is 1. The zero-order valence-electron chi connectivity index (χ0n) is 12.0. The first-order valence-corrected chi connectivity index (χ1v) is 6.70. The summed E-state index contributed by atoms with van der Waals surface area (Å²) < 4.78 is 0. The Morgan fingerprint density at radius 3 is 2.24 bits per heavy atom.